The van der Waals surface area contributed by atoms with Gasteiger partial charge >= 0.3 is 0 Å². The molecule has 0 amide bonds. The Morgan fingerprint density at radius 2 is 2.00 bits per heavy atom. The molecule has 0 bridgehead atoms. The van der Waals surface area contributed by atoms with Gasteiger partial charge in [0, 0.05) is 33.2 Å². The van der Waals surface area contributed by atoms with Gasteiger partial charge in [0.25, 0.3) is 0 Å². The molecule has 0 radical (unpaired) electrons. The molecule has 1 fully saturated rings. The summed E-state index contributed by atoms with van der Waals surface area (Å²) < 4.78 is 5.38. The van der Waals surface area contributed by atoms with E-state index in [0.717, 1.165) is 51.8 Å². The van der Waals surface area contributed by atoms with Gasteiger partial charge in [-0.1, -0.05) is 36.8 Å². The summed E-state index contributed by atoms with van der Waals surface area (Å²) in [5.74, 6) is 1.35. The molecule has 0 spiro atoms. The highest BCUT2D eigenvalue weighted by atomic mass is 127. The Morgan fingerprint density at radius 1 is 1.23 bits per heavy atom. The highest BCUT2D eigenvalue weighted by Gasteiger charge is 2.09. The Labute approximate surface area is 176 Å². The first-order valence-corrected chi connectivity index (χ1v) is 9.50. The van der Waals surface area contributed by atoms with Gasteiger partial charge in [-0.3, -0.25) is 9.89 Å². The molecule has 2 rings (SSSR count). The van der Waals surface area contributed by atoms with E-state index in [0.29, 0.717) is 5.92 Å². The van der Waals surface area contributed by atoms with Crippen LogP contribution in [0.15, 0.2) is 29.3 Å². The van der Waals surface area contributed by atoms with Crippen LogP contribution in [0, 0.1) is 6.92 Å². The lowest BCUT2D eigenvalue weighted by atomic mass is 9.99. The predicted molar refractivity (Wildman–Crippen MR) is 121 cm³/mol. The summed E-state index contributed by atoms with van der Waals surface area (Å²) in [5, 5.41) is 6.86. The zero-order chi connectivity index (χ0) is 17.9. The molecule has 1 atom stereocenters. The summed E-state index contributed by atoms with van der Waals surface area (Å²) >= 11 is 0. The molecule has 1 aliphatic heterocycles. The number of unbranched alkanes of at least 4 members (excludes halogenated alkanes) is 1. The molecule has 1 aliphatic rings. The zero-order valence-corrected chi connectivity index (χ0v) is 18.8. The lowest BCUT2D eigenvalue weighted by Gasteiger charge is -2.26. The Morgan fingerprint density at radius 3 is 2.69 bits per heavy atom. The van der Waals surface area contributed by atoms with Crippen molar-refractivity contribution in [3.63, 3.8) is 0 Å². The van der Waals surface area contributed by atoms with E-state index in [1.807, 2.05) is 7.05 Å². The van der Waals surface area contributed by atoms with E-state index in [-0.39, 0.29) is 24.0 Å². The molecule has 6 heteroatoms. The topological polar surface area (TPSA) is 48.9 Å². The third-order valence-electron chi connectivity index (χ3n) is 4.71. The van der Waals surface area contributed by atoms with Crippen LogP contribution in [0.2, 0.25) is 0 Å². The number of hydrogen-bond donors (Lipinski definition) is 2. The SMILES string of the molecule is CN=C(NCCCCN1CCOCC1)NCC(C)c1cccc(C)c1.I. The Bertz CT molecular complexity index is 532. The summed E-state index contributed by atoms with van der Waals surface area (Å²) in [7, 11) is 1.83. The molecule has 26 heavy (non-hydrogen) atoms. The van der Waals surface area contributed by atoms with Gasteiger partial charge in [0.05, 0.1) is 13.2 Å². The number of aryl methyl sites for hydroxylation is 1. The molecule has 2 N–H and O–H groups in total. The van der Waals surface area contributed by atoms with E-state index in [2.05, 4.69) is 58.6 Å². The molecule has 1 saturated heterocycles. The highest BCUT2D eigenvalue weighted by Crippen LogP contribution is 2.15. The Hall–Kier alpha value is -0.860. The van der Waals surface area contributed by atoms with Gasteiger partial charge in [-0.2, -0.15) is 0 Å². The fraction of sp³-hybridized carbons (Fsp3) is 0.650. The molecule has 1 heterocycles. The number of halogens is 1. The van der Waals surface area contributed by atoms with Gasteiger partial charge in [0.1, 0.15) is 0 Å². The van der Waals surface area contributed by atoms with Crippen LogP contribution >= 0.6 is 24.0 Å². The maximum atomic E-state index is 5.38. The number of benzene rings is 1. The van der Waals surface area contributed by atoms with Gasteiger partial charge in [-0.25, -0.2) is 0 Å². The first-order chi connectivity index (χ1) is 12.2. The quantitative estimate of drug-likeness (QED) is 0.263. The summed E-state index contributed by atoms with van der Waals surface area (Å²) in [6.45, 7) is 11.3. The monoisotopic (exact) mass is 474 g/mol. The molecule has 0 aromatic heterocycles. The minimum absolute atomic E-state index is 0. The number of nitrogens with zero attached hydrogens (tertiary/aromatic N) is 2. The molecule has 1 aromatic carbocycles. The average molecular weight is 474 g/mol. The van der Waals surface area contributed by atoms with Crippen molar-refractivity contribution in [3.8, 4) is 0 Å². The van der Waals surface area contributed by atoms with Crippen molar-refractivity contribution in [2.24, 2.45) is 4.99 Å². The number of guanidine groups is 1. The predicted octanol–water partition coefficient (Wildman–Crippen LogP) is 2.99. The summed E-state index contributed by atoms with van der Waals surface area (Å²) in [6.07, 6.45) is 2.37. The van der Waals surface area contributed by atoms with Gasteiger partial charge < -0.3 is 15.4 Å². The average Bonchev–Trinajstić information content (AvgIpc) is 2.64. The fourth-order valence-electron chi connectivity index (χ4n) is 3.06. The second kappa shape index (κ2) is 13.3. The van der Waals surface area contributed by atoms with Crippen LogP contribution in [0.5, 0.6) is 0 Å². The number of morpholine rings is 1. The Kier molecular flexibility index (Phi) is 11.9. The van der Waals surface area contributed by atoms with E-state index in [1.54, 1.807) is 0 Å². The van der Waals surface area contributed by atoms with Crippen molar-refractivity contribution < 1.29 is 4.74 Å². The second-order valence-electron chi connectivity index (χ2n) is 6.86. The van der Waals surface area contributed by atoms with Crippen LogP contribution in [0.25, 0.3) is 0 Å². The normalized spacial score (nSPS) is 16.7. The number of rotatable bonds is 8. The molecular weight excluding hydrogens is 439 g/mol. The second-order valence-corrected chi connectivity index (χ2v) is 6.86. The third kappa shape index (κ3) is 8.68. The lowest BCUT2D eigenvalue weighted by molar-refractivity contribution is 0.0372. The van der Waals surface area contributed by atoms with Gasteiger partial charge in [-0.05, 0) is 37.8 Å². The van der Waals surface area contributed by atoms with Crippen LogP contribution in [-0.4, -0.2) is 63.8 Å². The minimum atomic E-state index is 0. The van der Waals surface area contributed by atoms with Crippen LogP contribution < -0.4 is 10.6 Å². The Balaban J connectivity index is 0.00000338. The molecule has 148 valence electrons. The van der Waals surface area contributed by atoms with E-state index in [9.17, 15) is 0 Å². The lowest BCUT2D eigenvalue weighted by Crippen LogP contribution is -2.40. The third-order valence-corrected chi connectivity index (χ3v) is 4.71. The van der Waals surface area contributed by atoms with Crippen molar-refractivity contribution in [2.75, 3.05) is 53.0 Å². The van der Waals surface area contributed by atoms with Crippen molar-refractivity contribution in [2.45, 2.75) is 32.6 Å². The van der Waals surface area contributed by atoms with Gasteiger partial charge in [0.2, 0.25) is 0 Å². The molecule has 0 saturated carbocycles. The first kappa shape index (κ1) is 23.2. The van der Waals surface area contributed by atoms with Gasteiger partial charge in [0.15, 0.2) is 5.96 Å². The largest absolute Gasteiger partial charge is 0.379 e. The van der Waals surface area contributed by atoms with E-state index >= 15 is 0 Å². The van der Waals surface area contributed by atoms with Crippen molar-refractivity contribution in [1.82, 2.24) is 15.5 Å². The highest BCUT2D eigenvalue weighted by molar-refractivity contribution is 14.0. The fourth-order valence-corrected chi connectivity index (χ4v) is 3.06. The van der Waals surface area contributed by atoms with Crippen LogP contribution in [0.3, 0.4) is 0 Å². The standard InChI is InChI=1S/C20H34N4O.HI/c1-17-7-6-8-19(15-17)18(2)16-23-20(21-3)22-9-4-5-10-24-11-13-25-14-12-24;/h6-8,15,18H,4-5,9-14,16H2,1-3H3,(H2,21,22,23);1H. The number of ether oxygens (including phenoxy) is 1. The molecular formula is C20H35IN4O. The number of nitrogens with one attached hydrogen (secondary N) is 2. The van der Waals surface area contributed by atoms with Gasteiger partial charge in [-0.15, -0.1) is 24.0 Å². The zero-order valence-electron chi connectivity index (χ0n) is 16.5. The maximum absolute atomic E-state index is 5.38. The van der Waals surface area contributed by atoms with Crippen molar-refractivity contribution in [1.29, 1.82) is 0 Å². The maximum Gasteiger partial charge on any atom is 0.190 e. The summed E-state index contributed by atoms with van der Waals surface area (Å²) in [4.78, 5) is 6.81. The molecule has 5 nitrogen and oxygen atoms in total. The molecule has 1 unspecified atom stereocenters. The van der Waals surface area contributed by atoms with Crippen molar-refractivity contribution in [3.05, 3.63) is 35.4 Å². The number of hydrogen-bond acceptors (Lipinski definition) is 3. The van der Waals surface area contributed by atoms with Crippen LogP contribution in [-0.2, 0) is 4.74 Å². The molecule has 1 aromatic rings. The van der Waals surface area contributed by atoms with Crippen molar-refractivity contribution >= 4 is 29.9 Å². The summed E-state index contributed by atoms with van der Waals surface area (Å²) in [5.41, 5.74) is 2.68. The van der Waals surface area contributed by atoms with Crippen LogP contribution in [0.1, 0.15) is 36.8 Å². The van der Waals surface area contributed by atoms with E-state index < -0.39 is 0 Å². The minimum Gasteiger partial charge on any atom is -0.379 e. The van der Waals surface area contributed by atoms with Crippen LogP contribution in [0.4, 0.5) is 0 Å². The summed E-state index contributed by atoms with van der Waals surface area (Å²) in [6, 6.07) is 8.72. The van der Waals surface area contributed by atoms with E-state index in [1.165, 1.54) is 24.1 Å². The number of aliphatic imine (C=N–C) groups is 1. The molecule has 0 aliphatic carbocycles. The first-order valence-electron chi connectivity index (χ1n) is 9.50. The van der Waals surface area contributed by atoms with E-state index in [4.69, 9.17) is 4.74 Å². The smallest absolute Gasteiger partial charge is 0.190 e.